The fraction of sp³-hybridized carbons (Fsp3) is 0.130. The van der Waals surface area contributed by atoms with Crippen molar-refractivity contribution in [1.82, 2.24) is 0 Å². The van der Waals surface area contributed by atoms with E-state index in [0.29, 0.717) is 29.0 Å². The monoisotopic (exact) mass is 470 g/mol. The van der Waals surface area contributed by atoms with Gasteiger partial charge in [-0.1, -0.05) is 34.1 Å². The number of rotatable bonds is 8. The quantitative estimate of drug-likeness (QED) is 0.264. The zero-order chi connectivity index (χ0) is 21.3. The third-order valence-electron chi connectivity index (χ3n) is 4.00. The SMILES string of the molecule is COC(=O)c1cc(Br)ccc1OC(=O)c1ccc(OCCOc2ccccc2)cc1. The predicted octanol–water partition coefficient (Wildman–Crippen LogP) is 4.91. The summed E-state index contributed by atoms with van der Waals surface area (Å²) in [5.74, 6) is 0.302. The van der Waals surface area contributed by atoms with Crippen molar-refractivity contribution in [2.75, 3.05) is 20.3 Å². The molecule has 0 aliphatic heterocycles. The van der Waals surface area contributed by atoms with Gasteiger partial charge in [0.05, 0.1) is 12.7 Å². The number of benzene rings is 3. The van der Waals surface area contributed by atoms with Crippen LogP contribution in [0, 0.1) is 0 Å². The second kappa shape index (κ2) is 10.5. The summed E-state index contributed by atoms with van der Waals surface area (Å²) in [5, 5.41) is 0. The third kappa shape index (κ3) is 5.84. The minimum absolute atomic E-state index is 0.119. The first kappa shape index (κ1) is 21.4. The van der Waals surface area contributed by atoms with Gasteiger partial charge in [0, 0.05) is 4.47 Å². The van der Waals surface area contributed by atoms with E-state index in [9.17, 15) is 9.59 Å². The lowest BCUT2D eigenvalue weighted by atomic mass is 10.2. The highest BCUT2D eigenvalue weighted by Crippen LogP contribution is 2.25. The van der Waals surface area contributed by atoms with E-state index in [0.717, 1.165) is 5.75 Å². The highest BCUT2D eigenvalue weighted by Gasteiger charge is 2.17. The van der Waals surface area contributed by atoms with E-state index in [2.05, 4.69) is 15.9 Å². The highest BCUT2D eigenvalue weighted by atomic mass is 79.9. The van der Waals surface area contributed by atoms with E-state index in [4.69, 9.17) is 18.9 Å². The second-order valence-electron chi connectivity index (χ2n) is 6.06. The Kier molecular flexibility index (Phi) is 7.45. The molecule has 0 heterocycles. The number of carbonyl (C=O) groups excluding carboxylic acids is 2. The molecule has 0 bridgehead atoms. The first-order chi connectivity index (χ1) is 14.6. The standard InChI is InChI=1S/C23H19BrO6/c1-27-23(26)20-15-17(24)9-12-21(20)30-22(25)16-7-10-19(11-8-16)29-14-13-28-18-5-3-2-4-6-18/h2-12,15H,13-14H2,1H3. The molecule has 0 amide bonds. The van der Waals surface area contributed by atoms with Gasteiger partial charge >= 0.3 is 11.9 Å². The van der Waals surface area contributed by atoms with Crippen LogP contribution in [0.5, 0.6) is 17.2 Å². The normalized spacial score (nSPS) is 10.2. The van der Waals surface area contributed by atoms with Crippen LogP contribution in [0.15, 0.2) is 77.3 Å². The highest BCUT2D eigenvalue weighted by molar-refractivity contribution is 9.10. The Bertz CT molecular complexity index is 1000. The molecule has 0 fully saturated rings. The molecule has 0 aliphatic carbocycles. The van der Waals surface area contributed by atoms with Gasteiger partial charge in [0.15, 0.2) is 0 Å². The van der Waals surface area contributed by atoms with Gasteiger partial charge in [-0.25, -0.2) is 9.59 Å². The molecule has 3 rings (SSSR count). The minimum atomic E-state index is -0.597. The molecular weight excluding hydrogens is 452 g/mol. The van der Waals surface area contributed by atoms with E-state index >= 15 is 0 Å². The maximum absolute atomic E-state index is 12.4. The van der Waals surface area contributed by atoms with Gasteiger partial charge in [0.1, 0.15) is 36.0 Å². The minimum Gasteiger partial charge on any atom is -0.490 e. The fourth-order valence-electron chi connectivity index (χ4n) is 2.54. The van der Waals surface area contributed by atoms with Crippen molar-refractivity contribution in [3.05, 3.63) is 88.4 Å². The molecule has 0 aromatic heterocycles. The lowest BCUT2D eigenvalue weighted by molar-refractivity contribution is 0.0593. The number of ether oxygens (including phenoxy) is 4. The van der Waals surface area contributed by atoms with E-state index in [1.165, 1.54) is 19.2 Å². The van der Waals surface area contributed by atoms with Crippen LogP contribution >= 0.6 is 15.9 Å². The number of para-hydroxylation sites is 1. The zero-order valence-electron chi connectivity index (χ0n) is 16.2. The van der Waals surface area contributed by atoms with Gasteiger partial charge in [-0.2, -0.15) is 0 Å². The van der Waals surface area contributed by atoms with Crippen LogP contribution < -0.4 is 14.2 Å². The largest absolute Gasteiger partial charge is 0.490 e. The van der Waals surface area contributed by atoms with Gasteiger partial charge in [-0.15, -0.1) is 0 Å². The number of hydrogen-bond donors (Lipinski definition) is 0. The molecule has 0 aliphatic rings. The Morgan fingerprint density at radius 3 is 2.07 bits per heavy atom. The van der Waals surface area contributed by atoms with Crippen molar-refractivity contribution in [2.24, 2.45) is 0 Å². The summed E-state index contributed by atoms with van der Waals surface area (Å²) < 4.78 is 22.0. The zero-order valence-corrected chi connectivity index (χ0v) is 17.8. The summed E-state index contributed by atoms with van der Waals surface area (Å²) in [6.07, 6.45) is 0. The molecule has 0 atom stereocenters. The first-order valence-electron chi connectivity index (χ1n) is 9.07. The molecule has 30 heavy (non-hydrogen) atoms. The topological polar surface area (TPSA) is 71.1 Å². The van der Waals surface area contributed by atoms with Gasteiger partial charge in [0.2, 0.25) is 0 Å². The fourth-order valence-corrected chi connectivity index (χ4v) is 2.90. The molecule has 0 N–H and O–H groups in total. The third-order valence-corrected chi connectivity index (χ3v) is 4.50. The Morgan fingerprint density at radius 2 is 1.43 bits per heavy atom. The molecule has 6 nitrogen and oxygen atoms in total. The number of halogens is 1. The molecule has 3 aromatic rings. The molecular formula is C23H19BrO6. The maximum Gasteiger partial charge on any atom is 0.343 e. The molecule has 0 spiro atoms. The van der Waals surface area contributed by atoms with E-state index in [1.807, 2.05) is 30.3 Å². The van der Waals surface area contributed by atoms with Gasteiger partial charge in [-0.05, 0) is 54.6 Å². The summed E-state index contributed by atoms with van der Waals surface area (Å²) in [7, 11) is 1.26. The van der Waals surface area contributed by atoms with Crippen molar-refractivity contribution >= 4 is 27.9 Å². The first-order valence-corrected chi connectivity index (χ1v) is 9.87. The van der Waals surface area contributed by atoms with Crippen LogP contribution in [0.2, 0.25) is 0 Å². The number of carbonyl (C=O) groups is 2. The van der Waals surface area contributed by atoms with Gasteiger partial charge in [-0.3, -0.25) is 0 Å². The van der Waals surface area contributed by atoms with Gasteiger partial charge < -0.3 is 18.9 Å². The predicted molar refractivity (Wildman–Crippen MR) is 114 cm³/mol. The van der Waals surface area contributed by atoms with Crippen LogP contribution in [0.1, 0.15) is 20.7 Å². The summed E-state index contributed by atoms with van der Waals surface area (Å²) in [6.45, 7) is 0.758. The van der Waals surface area contributed by atoms with Crippen molar-refractivity contribution in [1.29, 1.82) is 0 Å². The number of methoxy groups -OCH3 is 1. The lowest BCUT2D eigenvalue weighted by Gasteiger charge is -2.10. The van der Waals surface area contributed by atoms with Crippen LogP contribution in [0.25, 0.3) is 0 Å². The summed E-state index contributed by atoms with van der Waals surface area (Å²) in [5.41, 5.74) is 0.472. The number of esters is 2. The molecule has 0 radical (unpaired) electrons. The lowest BCUT2D eigenvalue weighted by Crippen LogP contribution is -2.12. The second-order valence-corrected chi connectivity index (χ2v) is 6.97. The van der Waals surface area contributed by atoms with Crippen molar-refractivity contribution < 1.29 is 28.5 Å². The Labute approximate surface area is 182 Å². The van der Waals surface area contributed by atoms with Gasteiger partial charge in [0.25, 0.3) is 0 Å². The smallest absolute Gasteiger partial charge is 0.343 e. The van der Waals surface area contributed by atoms with Crippen LogP contribution in [0.3, 0.4) is 0 Å². The Balaban J connectivity index is 1.56. The van der Waals surface area contributed by atoms with E-state index < -0.39 is 11.9 Å². The molecule has 0 saturated heterocycles. The number of hydrogen-bond acceptors (Lipinski definition) is 6. The Hall–Kier alpha value is -3.32. The van der Waals surface area contributed by atoms with Crippen molar-refractivity contribution in [2.45, 2.75) is 0 Å². The molecule has 0 unspecified atom stereocenters. The van der Waals surface area contributed by atoms with Crippen LogP contribution in [-0.2, 0) is 4.74 Å². The average molecular weight is 471 g/mol. The molecule has 7 heteroatoms. The summed E-state index contributed by atoms with van der Waals surface area (Å²) >= 11 is 3.28. The van der Waals surface area contributed by atoms with Crippen molar-refractivity contribution in [3.8, 4) is 17.2 Å². The van der Waals surface area contributed by atoms with Crippen molar-refractivity contribution in [3.63, 3.8) is 0 Å². The van der Waals surface area contributed by atoms with E-state index in [-0.39, 0.29) is 11.3 Å². The molecule has 0 saturated carbocycles. The molecule has 154 valence electrons. The summed E-state index contributed by atoms with van der Waals surface area (Å²) in [4.78, 5) is 24.3. The Morgan fingerprint density at radius 1 is 0.800 bits per heavy atom. The van der Waals surface area contributed by atoms with Crippen LogP contribution in [0.4, 0.5) is 0 Å². The van der Waals surface area contributed by atoms with E-state index in [1.54, 1.807) is 30.3 Å². The molecule has 3 aromatic carbocycles. The average Bonchev–Trinajstić information content (AvgIpc) is 2.78. The summed E-state index contributed by atoms with van der Waals surface area (Å²) in [6, 6.07) is 20.7. The van der Waals surface area contributed by atoms with Crippen LogP contribution in [-0.4, -0.2) is 32.3 Å². The maximum atomic E-state index is 12.4.